The third kappa shape index (κ3) is 75.4. The topological polar surface area (TPSA) is 95.9 Å². The highest BCUT2D eigenvalue weighted by Crippen LogP contribution is 2.20. The van der Waals surface area contributed by atoms with Gasteiger partial charge in [0, 0.05) is 12.8 Å². The molecule has 0 saturated heterocycles. The van der Waals surface area contributed by atoms with E-state index in [0.29, 0.717) is 25.9 Å². The molecule has 0 aliphatic carbocycles. The Morgan fingerprint density at radius 1 is 0.300 bits per heavy atom. The van der Waals surface area contributed by atoms with E-state index in [2.05, 4.69) is 43.5 Å². The lowest BCUT2D eigenvalue weighted by atomic mass is 10.0. The zero-order valence-corrected chi connectivity index (χ0v) is 61.4. The van der Waals surface area contributed by atoms with Gasteiger partial charge in [0.25, 0.3) is 0 Å². The summed E-state index contributed by atoms with van der Waals surface area (Å²) in [6.07, 6.45) is 103. The summed E-state index contributed by atoms with van der Waals surface area (Å²) < 4.78 is 5.52. The summed E-state index contributed by atoms with van der Waals surface area (Å²) in [5.74, 6) is -0.00760. The standard InChI is InChI=1S/C84H163NO5/c1-3-5-7-9-11-13-15-17-19-21-23-24-37-41-44-48-52-56-60-64-68-72-76-82(87)81(80-86)85-83(88)77-73-69-65-61-57-53-49-45-42-38-35-33-31-29-27-25-26-28-30-32-34-36-39-43-47-51-55-59-63-67-71-75-79-90-84(89)78-74-70-66-62-58-54-50-46-40-22-20-18-16-14-12-10-8-6-4-2/h18,20,28,30,81-82,86-87H,3-17,19,21-27,29,31-80H2,1-2H3,(H,85,88)/b20-18-,30-28-. The number of carbonyl (C=O) groups is 2. The highest BCUT2D eigenvalue weighted by atomic mass is 16.5. The minimum absolute atomic E-state index is 0.0190. The van der Waals surface area contributed by atoms with Crippen LogP contribution in [0.25, 0.3) is 0 Å². The second-order valence-corrected chi connectivity index (χ2v) is 28.8. The van der Waals surface area contributed by atoms with Crippen LogP contribution in [0.4, 0.5) is 0 Å². The Morgan fingerprint density at radius 2 is 0.522 bits per heavy atom. The van der Waals surface area contributed by atoms with Crippen molar-refractivity contribution in [1.29, 1.82) is 0 Å². The van der Waals surface area contributed by atoms with Crippen molar-refractivity contribution in [3.05, 3.63) is 24.3 Å². The van der Waals surface area contributed by atoms with Crippen molar-refractivity contribution in [3.63, 3.8) is 0 Å². The first-order valence-corrected chi connectivity index (χ1v) is 41.6. The summed E-state index contributed by atoms with van der Waals surface area (Å²) in [7, 11) is 0. The van der Waals surface area contributed by atoms with Crippen molar-refractivity contribution in [2.75, 3.05) is 13.2 Å². The molecule has 0 radical (unpaired) electrons. The number of hydrogen-bond acceptors (Lipinski definition) is 5. The van der Waals surface area contributed by atoms with Crippen molar-refractivity contribution in [3.8, 4) is 0 Å². The number of aliphatic hydroxyl groups is 2. The van der Waals surface area contributed by atoms with Crippen LogP contribution < -0.4 is 5.32 Å². The molecule has 6 heteroatoms. The third-order valence-electron chi connectivity index (χ3n) is 19.7. The fourth-order valence-electron chi connectivity index (χ4n) is 13.4. The molecule has 0 aromatic heterocycles. The minimum Gasteiger partial charge on any atom is -0.466 e. The maximum Gasteiger partial charge on any atom is 0.305 e. The minimum atomic E-state index is -0.664. The van der Waals surface area contributed by atoms with E-state index in [0.717, 1.165) is 38.5 Å². The first-order chi connectivity index (χ1) is 44.5. The van der Waals surface area contributed by atoms with Crippen LogP contribution in [-0.2, 0) is 14.3 Å². The number of hydrogen-bond donors (Lipinski definition) is 3. The molecule has 0 heterocycles. The molecule has 2 atom stereocenters. The smallest absolute Gasteiger partial charge is 0.305 e. The van der Waals surface area contributed by atoms with Crippen molar-refractivity contribution < 1.29 is 24.5 Å². The molecule has 2 unspecified atom stereocenters. The van der Waals surface area contributed by atoms with Gasteiger partial charge in [0.1, 0.15) is 0 Å². The second kappa shape index (κ2) is 79.8. The van der Waals surface area contributed by atoms with Gasteiger partial charge in [-0.2, -0.15) is 0 Å². The predicted octanol–water partition coefficient (Wildman–Crippen LogP) is 27.6. The normalized spacial score (nSPS) is 12.5. The van der Waals surface area contributed by atoms with Crippen LogP contribution in [0.5, 0.6) is 0 Å². The number of allylic oxidation sites excluding steroid dienone is 4. The molecule has 0 spiro atoms. The van der Waals surface area contributed by atoms with Gasteiger partial charge in [0.2, 0.25) is 5.91 Å². The molecule has 0 aliphatic rings. The van der Waals surface area contributed by atoms with Crippen LogP contribution in [0.3, 0.4) is 0 Å². The Kier molecular flexibility index (Phi) is 78.3. The number of amides is 1. The number of unbranched alkanes of at least 4 members (excludes halogenated alkanes) is 64. The number of aliphatic hydroxyl groups excluding tert-OH is 2. The maximum absolute atomic E-state index is 12.6. The van der Waals surface area contributed by atoms with E-state index < -0.39 is 12.1 Å². The van der Waals surface area contributed by atoms with Gasteiger partial charge >= 0.3 is 5.97 Å². The van der Waals surface area contributed by atoms with Gasteiger partial charge in [-0.3, -0.25) is 9.59 Å². The largest absolute Gasteiger partial charge is 0.466 e. The molecule has 3 N–H and O–H groups in total. The third-order valence-corrected chi connectivity index (χ3v) is 19.7. The maximum atomic E-state index is 12.6. The molecule has 0 aliphatic heterocycles. The van der Waals surface area contributed by atoms with Crippen molar-refractivity contribution in [2.45, 2.75) is 488 Å². The summed E-state index contributed by atoms with van der Waals surface area (Å²) in [6.45, 7) is 5.01. The van der Waals surface area contributed by atoms with Crippen LogP contribution in [0.2, 0.25) is 0 Å². The van der Waals surface area contributed by atoms with Crippen LogP contribution >= 0.6 is 0 Å². The van der Waals surface area contributed by atoms with E-state index in [9.17, 15) is 19.8 Å². The Hall–Kier alpha value is -1.66. The van der Waals surface area contributed by atoms with Crippen LogP contribution in [0, 0.1) is 0 Å². The van der Waals surface area contributed by atoms with Gasteiger partial charge in [-0.1, -0.05) is 411 Å². The molecular formula is C84H163NO5. The Morgan fingerprint density at radius 3 is 0.789 bits per heavy atom. The average Bonchev–Trinajstić information content (AvgIpc) is 3.60. The van der Waals surface area contributed by atoms with E-state index in [1.165, 1.54) is 405 Å². The van der Waals surface area contributed by atoms with Crippen molar-refractivity contribution >= 4 is 11.9 Å². The number of rotatable bonds is 79. The molecule has 0 bridgehead atoms. The van der Waals surface area contributed by atoms with Crippen LogP contribution in [0.1, 0.15) is 476 Å². The molecule has 0 aromatic carbocycles. The van der Waals surface area contributed by atoms with E-state index in [-0.39, 0.29) is 18.5 Å². The molecule has 534 valence electrons. The summed E-state index contributed by atoms with van der Waals surface area (Å²) in [6, 6.07) is -0.541. The lowest BCUT2D eigenvalue weighted by Gasteiger charge is -2.22. The highest BCUT2D eigenvalue weighted by Gasteiger charge is 2.20. The van der Waals surface area contributed by atoms with Crippen molar-refractivity contribution in [2.24, 2.45) is 0 Å². The Balaban J connectivity index is 3.34. The molecule has 90 heavy (non-hydrogen) atoms. The van der Waals surface area contributed by atoms with Crippen LogP contribution in [0.15, 0.2) is 24.3 Å². The summed E-state index contributed by atoms with van der Waals surface area (Å²) in [4.78, 5) is 24.7. The van der Waals surface area contributed by atoms with Gasteiger partial charge in [-0.05, 0) is 77.0 Å². The highest BCUT2D eigenvalue weighted by molar-refractivity contribution is 5.76. The summed E-state index contributed by atoms with van der Waals surface area (Å²) in [5, 5.41) is 23.5. The molecule has 1 amide bonds. The van der Waals surface area contributed by atoms with E-state index in [4.69, 9.17) is 4.74 Å². The lowest BCUT2D eigenvalue weighted by Crippen LogP contribution is -2.45. The Bertz CT molecular complexity index is 1410. The number of ether oxygens (including phenoxy) is 1. The monoisotopic (exact) mass is 1270 g/mol. The fraction of sp³-hybridized carbons (Fsp3) is 0.929. The Labute approximate surface area is 564 Å². The molecule has 0 saturated carbocycles. The first-order valence-electron chi connectivity index (χ1n) is 41.6. The number of carbonyl (C=O) groups excluding carboxylic acids is 2. The van der Waals surface area contributed by atoms with Gasteiger partial charge in [-0.15, -0.1) is 0 Å². The summed E-state index contributed by atoms with van der Waals surface area (Å²) >= 11 is 0. The SMILES string of the molecule is CCCCCCCC/C=C\CCCCCCCCCCCC(=O)OCCCCCCCCCCCCCC/C=C\CCCCCCCCCCCCCCCCCCC(=O)NC(CO)C(O)CCCCCCCCCCCCCCCCCCCCCCCC. The van der Waals surface area contributed by atoms with E-state index in [1.54, 1.807) is 0 Å². The molecule has 6 nitrogen and oxygen atoms in total. The van der Waals surface area contributed by atoms with Gasteiger partial charge in [-0.25, -0.2) is 0 Å². The van der Waals surface area contributed by atoms with Gasteiger partial charge in [0.05, 0.1) is 25.4 Å². The lowest BCUT2D eigenvalue weighted by molar-refractivity contribution is -0.143. The van der Waals surface area contributed by atoms with Gasteiger partial charge in [0.15, 0.2) is 0 Å². The average molecular weight is 1270 g/mol. The van der Waals surface area contributed by atoms with Gasteiger partial charge < -0.3 is 20.3 Å². The zero-order valence-electron chi connectivity index (χ0n) is 61.4. The van der Waals surface area contributed by atoms with E-state index in [1.807, 2.05) is 0 Å². The van der Waals surface area contributed by atoms with Crippen LogP contribution in [-0.4, -0.2) is 47.4 Å². The molecule has 0 aromatic rings. The predicted molar refractivity (Wildman–Crippen MR) is 398 cm³/mol. The number of nitrogens with one attached hydrogen (secondary N) is 1. The van der Waals surface area contributed by atoms with Crippen molar-refractivity contribution in [1.82, 2.24) is 5.32 Å². The molecular weight excluding hydrogens is 1100 g/mol. The molecule has 0 fully saturated rings. The fourth-order valence-corrected chi connectivity index (χ4v) is 13.4. The number of esters is 1. The second-order valence-electron chi connectivity index (χ2n) is 28.8. The zero-order chi connectivity index (χ0) is 64.9. The first kappa shape index (κ1) is 88.3. The van der Waals surface area contributed by atoms with E-state index >= 15 is 0 Å². The molecule has 0 rings (SSSR count). The quantitative estimate of drug-likeness (QED) is 0.0320. The summed E-state index contributed by atoms with van der Waals surface area (Å²) in [5.41, 5.74) is 0.